The molecule has 1 fully saturated rings. The van der Waals surface area contributed by atoms with Crippen molar-refractivity contribution in [1.29, 1.82) is 0 Å². The van der Waals surface area contributed by atoms with Crippen molar-refractivity contribution in [2.75, 3.05) is 11.9 Å². The maximum absolute atomic E-state index is 13.6. The van der Waals surface area contributed by atoms with Crippen LogP contribution in [0, 0.1) is 13.8 Å². The molecule has 1 aliphatic heterocycles. The molecule has 4 aromatic rings. The highest BCUT2D eigenvalue weighted by molar-refractivity contribution is 8.26. The molecule has 192 valence electrons. The van der Waals surface area contributed by atoms with E-state index in [0.717, 1.165) is 34.0 Å². The van der Waals surface area contributed by atoms with Crippen molar-refractivity contribution >= 4 is 51.7 Å². The lowest BCUT2D eigenvalue weighted by molar-refractivity contribution is -0.122. The lowest BCUT2D eigenvalue weighted by Gasteiger charge is -2.15. The standard InChI is InChI=1S/C29H26N4O3S2/c1-18-8-11-20(12-9-18)17-33-28(36)24(38-29(33)37)14-22-26(30-15-23(34)21-6-4-3-5-7-21)31-25-13-10-19(2)16-32(25)27(22)35/h3-14,16,23,30,34H,15,17H2,1-2H3. The van der Waals surface area contributed by atoms with E-state index in [4.69, 9.17) is 12.2 Å². The molecule has 1 saturated heterocycles. The van der Waals surface area contributed by atoms with Gasteiger partial charge in [-0.15, -0.1) is 0 Å². The van der Waals surface area contributed by atoms with Crippen LogP contribution in [0.5, 0.6) is 0 Å². The van der Waals surface area contributed by atoms with Crippen LogP contribution in [0.25, 0.3) is 11.7 Å². The van der Waals surface area contributed by atoms with Crippen LogP contribution >= 0.6 is 24.0 Å². The van der Waals surface area contributed by atoms with Gasteiger partial charge in [0, 0.05) is 12.7 Å². The van der Waals surface area contributed by atoms with E-state index in [-0.39, 0.29) is 29.4 Å². The Balaban J connectivity index is 1.49. The van der Waals surface area contributed by atoms with Crippen molar-refractivity contribution in [3.05, 3.63) is 116 Å². The molecule has 1 amide bonds. The van der Waals surface area contributed by atoms with E-state index in [0.29, 0.717) is 21.4 Å². The minimum Gasteiger partial charge on any atom is -0.387 e. The number of aromatic nitrogens is 2. The van der Waals surface area contributed by atoms with Crippen molar-refractivity contribution in [2.45, 2.75) is 26.5 Å². The second kappa shape index (κ2) is 10.9. The fraction of sp³-hybridized carbons (Fsp3) is 0.172. The smallest absolute Gasteiger partial charge is 0.267 e. The first-order valence-electron chi connectivity index (χ1n) is 12.1. The number of thioether (sulfide) groups is 1. The van der Waals surface area contributed by atoms with Gasteiger partial charge in [-0.05, 0) is 42.7 Å². The highest BCUT2D eigenvalue weighted by atomic mass is 32.2. The summed E-state index contributed by atoms with van der Waals surface area (Å²) in [5.41, 5.74) is 4.11. The van der Waals surface area contributed by atoms with Gasteiger partial charge in [-0.2, -0.15) is 0 Å². The molecule has 1 unspecified atom stereocenters. The number of nitrogens with zero attached hydrogens (tertiary/aromatic N) is 3. The van der Waals surface area contributed by atoms with Gasteiger partial charge in [0.2, 0.25) is 0 Å². The summed E-state index contributed by atoms with van der Waals surface area (Å²) in [5, 5.41) is 13.8. The molecule has 1 aliphatic rings. The number of carbonyl (C=O) groups is 1. The minimum absolute atomic E-state index is 0.133. The lowest BCUT2D eigenvalue weighted by Crippen LogP contribution is -2.27. The number of aliphatic hydroxyl groups is 1. The number of benzene rings is 2. The Kier molecular flexibility index (Phi) is 7.42. The fourth-order valence-electron chi connectivity index (χ4n) is 4.15. The minimum atomic E-state index is -0.810. The molecule has 0 saturated carbocycles. The van der Waals surface area contributed by atoms with E-state index < -0.39 is 6.10 Å². The second-order valence-electron chi connectivity index (χ2n) is 9.17. The third kappa shape index (κ3) is 5.40. The molecule has 2 aromatic heterocycles. The van der Waals surface area contributed by atoms with E-state index in [9.17, 15) is 14.7 Å². The van der Waals surface area contributed by atoms with Gasteiger partial charge in [-0.3, -0.25) is 18.9 Å². The molecule has 5 rings (SSSR count). The second-order valence-corrected chi connectivity index (χ2v) is 10.9. The predicted molar refractivity (Wildman–Crippen MR) is 156 cm³/mol. The average molecular weight is 543 g/mol. The largest absolute Gasteiger partial charge is 0.387 e. The number of pyridine rings is 1. The third-order valence-electron chi connectivity index (χ3n) is 6.26. The van der Waals surface area contributed by atoms with Crippen molar-refractivity contribution in [3.63, 3.8) is 0 Å². The number of rotatable bonds is 7. The number of nitrogens with one attached hydrogen (secondary N) is 1. The molecule has 0 radical (unpaired) electrons. The van der Waals surface area contributed by atoms with Gasteiger partial charge in [0.1, 0.15) is 15.8 Å². The summed E-state index contributed by atoms with van der Waals surface area (Å²) in [7, 11) is 0. The van der Waals surface area contributed by atoms with E-state index in [1.807, 2.05) is 74.5 Å². The number of aliphatic hydroxyl groups excluding tert-OH is 1. The summed E-state index contributed by atoms with van der Waals surface area (Å²) in [4.78, 5) is 33.5. The molecule has 0 aliphatic carbocycles. The summed E-state index contributed by atoms with van der Waals surface area (Å²) >= 11 is 6.68. The molecule has 2 aromatic carbocycles. The zero-order valence-electron chi connectivity index (χ0n) is 20.9. The first-order chi connectivity index (χ1) is 18.3. The Labute approximate surface area is 229 Å². The molecule has 0 bridgehead atoms. The Morgan fingerprint density at radius 3 is 2.47 bits per heavy atom. The molecule has 3 heterocycles. The van der Waals surface area contributed by atoms with Crippen LogP contribution in [0.1, 0.15) is 33.9 Å². The van der Waals surface area contributed by atoms with Crippen LogP contribution in [-0.4, -0.2) is 36.2 Å². The van der Waals surface area contributed by atoms with Gasteiger partial charge in [0.15, 0.2) is 0 Å². The Bertz CT molecular complexity index is 1620. The van der Waals surface area contributed by atoms with Crippen molar-refractivity contribution < 1.29 is 9.90 Å². The number of hydrogen-bond donors (Lipinski definition) is 2. The van der Waals surface area contributed by atoms with Crippen LogP contribution < -0.4 is 10.9 Å². The SMILES string of the molecule is Cc1ccc(CN2C(=O)C(=Cc3c(NCC(O)c4ccccc4)nc4ccc(C)cn4c3=O)SC2=S)cc1. The Morgan fingerprint density at radius 2 is 1.74 bits per heavy atom. The number of fused-ring (bicyclic) bond motifs is 1. The first kappa shape index (κ1) is 25.8. The summed E-state index contributed by atoms with van der Waals surface area (Å²) in [5.74, 6) is 0.0298. The molecule has 7 nitrogen and oxygen atoms in total. The van der Waals surface area contributed by atoms with Gasteiger partial charge < -0.3 is 10.4 Å². The maximum Gasteiger partial charge on any atom is 0.267 e. The van der Waals surface area contributed by atoms with Crippen LogP contribution in [0.4, 0.5) is 5.82 Å². The van der Waals surface area contributed by atoms with Crippen molar-refractivity contribution in [1.82, 2.24) is 14.3 Å². The summed E-state index contributed by atoms with van der Waals surface area (Å²) in [6, 6.07) is 20.8. The molecule has 0 spiro atoms. The zero-order valence-corrected chi connectivity index (χ0v) is 22.6. The summed E-state index contributed by atoms with van der Waals surface area (Å²) < 4.78 is 1.90. The number of anilines is 1. The van der Waals surface area contributed by atoms with E-state index in [1.54, 1.807) is 23.2 Å². The van der Waals surface area contributed by atoms with Gasteiger partial charge in [0.25, 0.3) is 11.5 Å². The van der Waals surface area contributed by atoms with E-state index >= 15 is 0 Å². The maximum atomic E-state index is 13.6. The monoisotopic (exact) mass is 542 g/mol. The van der Waals surface area contributed by atoms with Gasteiger partial charge in [0.05, 0.1) is 23.1 Å². The summed E-state index contributed by atoms with van der Waals surface area (Å²) in [6.45, 7) is 4.39. The van der Waals surface area contributed by atoms with E-state index in [2.05, 4.69) is 10.3 Å². The van der Waals surface area contributed by atoms with Crippen LogP contribution in [0.3, 0.4) is 0 Å². The third-order valence-corrected chi connectivity index (χ3v) is 7.64. The normalized spacial score (nSPS) is 15.4. The topological polar surface area (TPSA) is 86.9 Å². The van der Waals surface area contributed by atoms with Gasteiger partial charge in [-0.1, -0.05) is 90.2 Å². The van der Waals surface area contributed by atoms with E-state index in [1.165, 1.54) is 4.40 Å². The molecular weight excluding hydrogens is 516 g/mol. The molecule has 1 atom stereocenters. The number of thiocarbonyl (C=S) groups is 1. The highest BCUT2D eigenvalue weighted by Crippen LogP contribution is 2.34. The average Bonchev–Trinajstić information content (AvgIpc) is 3.18. The fourth-order valence-corrected chi connectivity index (χ4v) is 5.39. The van der Waals surface area contributed by atoms with Crippen molar-refractivity contribution in [2.24, 2.45) is 0 Å². The van der Waals surface area contributed by atoms with Crippen LogP contribution in [0.2, 0.25) is 0 Å². The van der Waals surface area contributed by atoms with Crippen LogP contribution in [-0.2, 0) is 11.3 Å². The lowest BCUT2D eigenvalue weighted by atomic mass is 10.1. The predicted octanol–water partition coefficient (Wildman–Crippen LogP) is 4.86. The molecular formula is C29H26N4O3S2. The first-order valence-corrected chi connectivity index (χ1v) is 13.3. The zero-order chi connectivity index (χ0) is 26.8. The van der Waals surface area contributed by atoms with Gasteiger partial charge in [-0.25, -0.2) is 4.98 Å². The Hall–Kier alpha value is -3.79. The molecule has 9 heteroatoms. The number of amides is 1. The number of hydrogen-bond acceptors (Lipinski definition) is 7. The highest BCUT2D eigenvalue weighted by Gasteiger charge is 2.32. The molecule has 2 N–H and O–H groups in total. The van der Waals surface area contributed by atoms with Crippen molar-refractivity contribution in [3.8, 4) is 0 Å². The van der Waals surface area contributed by atoms with Crippen LogP contribution in [0.15, 0.2) is 82.6 Å². The molecule has 38 heavy (non-hydrogen) atoms. The van der Waals surface area contributed by atoms with Gasteiger partial charge >= 0.3 is 0 Å². The summed E-state index contributed by atoms with van der Waals surface area (Å²) in [6.07, 6.45) is 2.46. The Morgan fingerprint density at radius 1 is 1.03 bits per heavy atom. The quantitative estimate of drug-likeness (QED) is 0.255. The number of carbonyl (C=O) groups excluding carboxylic acids is 1. The number of aryl methyl sites for hydroxylation is 2.